The molecule has 0 radical (unpaired) electrons. The van der Waals surface area contributed by atoms with Crippen molar-refractivity contribution in [3.05, 3.63) is 34.9 Å². The average molecular weight is 222 g/mol. The van der Waals surface area contributed by atoms with Crippen LogP contribution in [0, 0.1) is 13.8 Å². The maximum Gasteiger partial charge on any atom is 0.0812 e. The molecule has 1 atom stereocenters. The lowest BCUT2D eigenvalue weighted by molar-refractivity contribution is 0.0821. The van der Waals surface area contributed by atoms with Crippen LogP contribution < -0.4 is 0 Å². The van der Waals surface area contributed by atoms with E-state index in [9.17, 15) is 5.11 Å². The maximum absolute atomic E-state index is 9.99. The lowest BCUT2D eigenvalue weighted by Crippen LogP contribution is -2.04. The number of aliphatic hydroxyl groups is 1. The van der Waals surface area contributed by atoms with Crippen LogP contribution in [0.5, 0.6) is 0 Å². The van der Waals surface area contributed by atoms with E-state index in [1.54, 1.807) is 0 Å². The van der Waals surface area contributed by atoms with Crippen molar-refractivity contribution >= 4 is 0 Å². The number of aliphatic hydroxyl groups excluding tert-OH is 1. The van der Waals surface area contributed by atoms with Crippen LogP contribution in [0.2, 0.25) is 0 Å². The molecule has 0 saturated carbocycles. The molecule has 1 aromatic carbocycles. The second-order valence-electron chi connectivity index (χ2n) is 4.34. The highest BCUT2D eigenvalue weighted by Gasteiger charge is 2.08. The minimum atomic E-state index is -0.407. The molecule has 2 nitrogen and oxygen atoms in total. The third kappa shape index (κ3) is 4.33. The van der Waals surface area contributed by atoms with Crippen LogP contribution in [0.15, 0.2) is 18.2 Å². The maximum atomic E-state index is 9.99. The molecule has 1 rings (SSSR count). The summed E-state index contributed by atoms with van der Waals surface area (Å²) in [6, 6.07) is 6.19. The molecule has 90 valence electrons. The number of aryl methyl sites for hydroxylation is 2. The molecule has 0 bridgehead atoms. The lowest BCUT2D eigenvalue weighted by Gasteiger charge is -2.12. The number of benzene rings is 1. The van der Waals surface area contributed by atoms with Crippen LogP contribution in [0.1, 0.15) is 42.6 Å². The van der Waals surface area contributed by atoms with Crippen LogP contribution in [0.4, 0.5) is 0 Å². The van der Waals surface area contributed by atoms with Crippen molar-refractivity contribution < 1.29 is 9.84 Å². The molecule has 0 aliphatic rings. The molecule has 0 heterocycles. The van der Waals surface area contributed by atoms with Gasteiger partial charge in [-0.2, -0.15) is 0 Å². The summed E-state index contributed by atoms with van der Waals surface area (Å²) in [6.07, 6.45) is 1.29. The first-order valence-electron chi connectivity index (χ1n) is 5.97. The molecule has 0 aliphatic carbocycles. The van der Waals surface area contributed by atoms with E-state index in [2.05, 4.69) is 26.8 Å². The highest BCUT2D eigenvalue weighted by molar-refractivity contribution is 5.29. The number of hydrogen-bond acceptors (Lipinski definition) is 2. The van der Waals surface area contributed by atoms with Crippen molar-refractivity contribution in [1.82, 2.24) is 0 Å². The van der Waals surface area contributed by atoms with Crippen molar-refractivity contribution in [1.29, 1.82) is 0 Å². The molecule has 0 amide bonds. The van der Waals surface area contributed by atoms with E-state index in [1.165, 1.54) is 11.1 Å². The summed E-state index contributed by atoms with van der Waals surface area (Å²) in [4.78, 5) is 0. The summed E-state index contributed by atoms with van der Waals surface area (Å²) in [6.45, 7) is 7.59. The summed E-state index contributed by atoms with van der Waals surface area (Å²) >= 11 is 0. The molecule has 2 heteroatoms. The second kappa shape index (κ2) is 6.66. The van der Waals surface area contributed by atoms with Crippen LogP contribution in [0.3, 0.4) is 0 Å². The van der Waals surface area contributed by atoms with E-state index in [0.29, 0.717) is 13.0 Å². The standard InChI is InChI=1S/C14H22O2/c1-4-6-16-7-5-14(15)13-9-11(2)8-12(3)10-13/h8-10,14-15H,4-7H2,1-3H3. The molecule has 16 heavy (non-hydrogen) atoms. The zero-order chi connectivity index (χ0) is 12.0. The van der Waals surface area contributed by atoms with Crippen molar-refractivity contribution in [2.75, 3.05) is 13.2 Å². The van der Waals surface area contributed by atoms with Crippen LogP contribution in [-0.4, -0.2) is 18.3 Å². The van der Waals surface area contributed by atoms with E-state index < -0.39 is 6.10 Å². The van der Waals surface area contributed by atoms with Gasteiger partial charge in [-0.05, 0) is 25.8 Å². The molecular weight excluding hydrogens is 200 g/mol. The third-order valence-corrected chi connectivity index (χ3v) is 2.51. The van der Waals surface area contributed by atoms with Gasteiger partial charge in [-0.25, -0.2) is 0 Å². The fourth-order valence-electron chi connectivity index (χ4n) is 1.81. The van der Waals surface area contributed by atoms with Crippen molar-refractivity contribution in [3.8, 4) is 0 Å². The van der Waals surface area contributed by atoms with Crippen LogP contribution in [0.25, 0.3) is 0 Å². The van der Waals surface area contributed by atoms with Crippen molar-refractivity contribution in [3.63, 3.8) is 0 Å². The summed E-state index contributed by atoms with van der Waals surface area (Å²) in [5.74, 6) is 0. The SMILES string of the molecule is CCCOCCC(O)c1cc(C)cc(C)c1. The van der Waals surface area contributed by atoms with Gasteiger partial charge in [0, 0.05) is 19.6 Å². The van der Waals surface area contributed by atoms with Gasteiger partial charge in [-0.15, -0.1) is 0 Å². The van der Waals surface area contributed by atoms with Gasteiger partial charge in [0.05, 0.1) is 6.10 Å². The first-order valence-corrected chi connectivity index (χ1v) is 5.97. The van der Waals surface area contributed by atoms with E-state index in [0.717, 1.165) is 18.6 Å². The Morgan fingerprint density at radius 2 is 1.75 bits per heavy atom. The van der Waals surface area contributed by atoms with Gasteiger partial charge in [0.15, 0.2) is 0 Å². The second-order valence-corrected chi connectivity index (χ2v) is 4.34. The highest BCUT2D eigenvalue weighted by atomic mass is 16.5. The number of rotatable bonds is 6. The zero-order valence-electron chi connectivity index (χ0n) is 10.5. The minimum Gasteiger partial charge on any atom is -0.388 e. The van der Waals surface area contributed by atoms with Gasteiger partial charge < -0.3 is 9.84 Å². The van der Waals surface area contributed by atoms with Gasteiger partial charge >= 0.3 is 0 Å². The molecule has 0 spiro atoms. The van der Waals surface area contributed by atoms with Crippen LogP contribution in [-0.2, 0) is 4.74 Å². The number of hydrogen-bond donors (Lipinski definition) is 1. The predicted molar refractivity (Wildman–Crippen MR) is 66.6 cm³/mol. The van der Waals surface area contributed by atoms with Crippen molar-refractivity contribution in [2.24, 2.45) is 0 Å². The monoisotopic (exact) mass is 222 g/mol. The Kier molecular flexibility index (Phi) is 5.50. The average Bonchev–Trinajstić information content (AvgIpc) is 2.22. The Balaban J connectivity index is 2.48. The summed E-state index contributed by atoms with van der Waals surface area (Å²) in [7, 11) is 0. The highest BCUT2D eigenvalue weighted by Crippen LogP contribution is 2.19. The molecule has 0 fully saturated rings. The van der Waals surface area contributed by atoms with Gasteiger partial charge in [0.25, 0.3) is 0 Å². The molecule has 1 aromatic rings. The molecule has 0 saturated heterocycles. The van der Waals surface area contributed by atoms with Crippen molar-refractivity contribution in [2.45, 2.75) is 39.7 Å². The minimum absolute atomic E-state index is 0.407. The Labute approximate surface area is 98.3 Å². The Morgan fingerprint density at radius 1 is 1.12 bits per heavy atom. The summed E-state index contributed by atoms with van der Waals surface area (Å²) < 4.78 is 5.38. The van der Waals surface area contributed by atoms with Gasteiger partial charge in [-0.1, -0.05) is 36.2 Å². The van der Waals surface area contributed by atoms with E-state index in [4.69, 9.17) is 4.74 Å². The molecule has 0 aromatic heterocycles. The quantitative estimate of drug-likeness (QED) is 0.749. The lowest BCUT2D eigenvalue weighted by atomic mass is 10.0. The van der Waals surface area contributed by atoms with E-state index in [-0.39, 0.29) is 0 Å². The largest absolute Gasteiger partial charge is 0.388 e. The Bertz CT molecular complexity index is 300. The van der Waals surface area contributed by atoms with Crippen LogP contribution >= 0.6 is 0 Å². The van der Waals surface area contributed by atoms with Gasteiger partial charge in [0.1, 0.15) is 0 Å². The molecule has 0 aliphatic heterocycles. The number of ether oxygens (including phenoxy) is 1. The summed E-state index contributed by atoms with van der Waals surface area (Å²) in [5.41, 5.74) is 3.39. The predicted octanol–water partition coefficient (Wildman–Crippen LogP) is 3.15. The molecule has 1 unspecified atom stereocenters. The molecular formula is C14H22O2. The first-order chi connectivity index (χ1) is 7.63. The van der Waals surface area contributed by atoms with E-state index in [1.807, 2.05) is 12.1 Å². The van der Waals surface area contributed by atoms with Gasteiger partial charge in [0.2, 0.25) is 0 Å². The van der Waals surface area contributed by atoms with Gasteiger partial charge in [-0.3, -0.25) is 0 Å². The fraction of sp³-hybridized carbons (Fsp3) is 0.571. The molecule has 1 N–H and O–H groups in total. The Hall–Kier alpha value is -0.860. The normalized spacial score (nSPS) is 12.8. The topological polar surface area (TPSA) is 29.5 Å². The first kappa shape index (κ1) is 13.2. The van der Waals surface area contributed by atoms with E-state index >= 15 is 0 Å². The Morgan fingerprint density at radius 3 is 2.31 bits per heavy atom. The fourth-order valence-corrected chi connectivity index (χ4v) is 1.81. The summed E-state index contributed by atoms with van der Waals surface area (Å²) in [5, 5.41) is 9.99. The zero-order valence-corrected chi connectivity index (χ0v) is 10.5. The smallest absolute Gasteiger partial charge is 0.0812 e. The third-order valence-electron chi connectivity index (χ3n) is 2.51.